The van der Waals surface area contributed by atoms with Gasteiger partial charge in [0.1, 0.15) is 11.9 Å². The smallest absolute Gasteiger partial charge is 0.143 e. The van der Waals surface area contributed by atoms with Crippen LogP contribution in [0, 0.1) is 17.1 Å². The zero-order valence-corrected chi connectivity index (χ0v) is 8.91. The Kier molecular flexibility index (Phi) is 3.21. The number of hydrogen-bond acceptors (Lipinski definition) is 2. The van der Waals surface area contributed by atoms with Crippen molar-refractivity contribution in [1.29, 1.82) is 5.26 Å². The molecule has 3 heteroatoms. The standard InChI is InChI=1S/C13H13FN2/c14-13-8-12(7-6-10(13)9-15)16-11-4-2-1-3-5-11/h1-2,6-8,11,16H,3-5H2. The molecule has 0 aliphatic heterocycles. The average molecular weight is 216 g/mol. The second-order valence-electron chi connectivity index (χ2n) is 3.93. The zero-order chi connectivity index (χ0) is 11.4. The van der Waals surface area contributed by atoms with E-state index in [2.05, 4.69) is 17.5 Å². The van der Waals surface area contributed by atoms with Gasteiger partial charge in [-0.1, -0.05) is 12.2 Å². The van der Waals surface area contributed by atoms with Gasteiger partial charge in [-0.2, -0.15) is 5.26 Å². The molecule has 2 rings (SSSR count). The van der Waals surface area contributed by atoms with Crippen LogP contribution in [-0.4, -0.2) is 6.04 Å². The first-order chi connectivity index (χ1) is 7.79. The van der Waals surface area contributed by atoms with Crippen LogP contribution in [0.2, 0.25) is 0 Å². The summed E-state index contributed by atoms with van der Waals surface area (Å²) in [7, 11) is 0. The fourth-order valence-electron chi connectivity index (χ4n) is 1.86. The number of anilines is 1. The molecule has 0 aromatic heterocycles. The number of nitriles is 1. The number of halogens is 1. The van der Waals surface area contributed by atoms with Crippen molar-refractivity contribution in [2.24, 2.45) is 0 Å². The van der Waals surface area contributed by atoms with E-state index in [0.29, 0.717) is 6.04 Å². The number of benzene rings is 1. The van der Waals surface area contributed by atoms with Gasteiger partial charge in [0, 0.05) is 11.7 Å². The predicted octanol–water partition coefficient (Wildman–Crippen LogP) is 3.22. The van der Waals surface area contributed by atoms with E-state index in [1.165, 1.54) is 12.1 Å². The molecule has 1 aromatic carbocycles. The van der Waals surface area contributed by atoms with Gasteiger partial charge in [-0.25, -0.2) is 4.39 Å². The normalized spacial score (nSPS) is 19.1. The Labute approximate surface area is 94.4 Å². The maximum Gasteiger partial charge on any atom is 0.143 e. The summed E-state index contributed by atoms with van der Waals surface area (Å²) in [4.78, 5) is 0. The first-order valence-corrected chi connectivity index (χ1v) is 5.41. The first-order valence-electron chi connectivity index (χ1n) is 5.41. The van der Waals surface area contributed by atoms with Crippen LogP contribution in [0.3, 0.4) is 0 Å². The first kappa shape index (κ1) is 10.7. The van der Waals surface area contributed by atoms with E-state index in [1.54, 1.807) is 6.07 Å². The van der Waals surface area contributed by atoms with Crippen LogP contribution in [-0.2, 0) is 0 Å². The van der Waals surface area contributed by atoms with Gasteiger partial charge in [0.25, 0.3) is 0 Å². The van der Waals surface area contributed by atoms with Crippen molar-refractivity contribution in [3.05, 3.63) is 41.7 Å². The molecule has 1 aliphatic carbocycles. The molecule has 0 bridgehead atoms. The van der Waals surface area contributed by atoms with Crippen LogP contribution in [0.25, 0.3) is 0 Å². The second-order valence-corrected chi connectivity index (χ2v) is 3.93. The van der Waals surface area contributed by atoms with E-state index >= 15 is 0 Å². The van der Waals surface area contributed by atoms with Crippen molar-refractivity contribution >= 4 is 5.69 Å². The fourth-order valence-corrected chi connectivity index (χ4v) is 1.86. The lowest BCUT2D eigenvalue weighted by atomic mass is 10.0. The summed E-state index contributed by atoms with van der Waals surface area (Å²) in [5, 5.41) is 11.9. The summed E-state index contributed by atoms with van der Waals surface area (Å²) in [6, 6.07) is 6.83. The number of allylic oxidation sites excluding steroid dienone is 1. The van der Waals surface area contributed by atoms with Gasteiger partial charge >= 0.3 is 0 Å². The lowest BCUT2D eigenvalue weighted by Crippen LogP contribution is -2.20. The Hall–Kier alpha value is -1.82. The molecule has 2 nitrogen and oxygen atoms in total. The number of rotatable bonds is 2. The molecular weight excluding hydrogens is 203 g/mol. The summed E-state index contributed by atoms with van der Waals surface area (Å²) >= 11 is 0. The third kappa shape index (κ3) is 2.40. The van der Waals surface area contributed by atoms with Crippen molar-refractivity contribution in [3.8, 4) is 6.07 Å². The number of nitrogens with zero attached hydrogens (tertiary/aromatic N) is 1. The summed E-state index contributed by atoms with van der Waals surface area (Å²) in [6.45, 7) is 0. The molecule has 1 atom stereocenters. The molecule has 0 heterocycles. The van der Waals surface area contributed by atoms with Crippen molar-refractivity contribution in [3.63, 3.8) is 0 Å². The Bertz CT molecular complexity index is 446. The number of nitrogens with one attached hydrogen (secondary N) is 1. The minimum atomic E-state index is -0.459. The van der Waals surface area contributed by atoms with Crippen LogP contribution in [0.15, 0.2) is 30.4 Å². The second kappa shape index (κ2) is 4.80. The minimum Gasteiger partial charge on any atom is -0.382 e. The van der Waals surface area contributed by atoms with Gasteiger partial charge in [0.2, 0.25) is 0 Å². The van der Waals surface area contributed by atoms with Gasteiger partial charge < -0.3 is 5.32 Å². The number of hydrogen-bond donors (Lipinski definition) is 1. The molecule has 1 aromatic rings. The van der Waals surface area contributed by atoms with Crippen molar-refractivity contribution < 1.29 is 4.39 Å². The lowest BCUT2D eigenvalue weighted by molar-refractivity contribution is 0.620. The zero-order valence-electron chi connectivity index (χ0n) is 8.91. The Morgan fingerprint density at radius 1 is 1.38 bits per heavy atom. The highest BCUT2D eigenvalue weighted by atomic mass is 19.1. The summed E-state index contributed by atoms with van der Waals surface area (Å²) in [5.41, 5.74) is 0.839. The highest BCUT2D eigenvalue weighted by Gasteiger charge is 2.10. The van der Waals surface area contributed by atoms with E-state index in [0.717, 1.165) is 24.9 Å². The van der Waals surface area contributed by atoms with Gasteiger partial charge in [0.15, 0.2) is 0 Å². The summed E-state index contributed by atoms with van der Waals surface area (Å²) in [5.74, 6) is -0.459. The summed E-state index contributed by atoms with van der Waals surface area (Å²) < 4.78 is 13.3. The van der Waals surface area contributed by atoms with E-state index in [9.17, 15) is 4.39 Å². The molecule has 16 heavy (non-hydrogen) atoms. The lowest BCUT2D eigenvalue weighted by Gasteiger charge is -2.20. The van der Waals surface area contributed by atoms with Gasteiger partial charge in [-0.3, -0.25) is 0 Å². The van der Waals surface area contributed by atoms with Gasteiger partial charge in [0.05, 0.1) is 5.56 Å². The van der Waals surface area contributed by atoms with Gasteiger partial charge in [-0.15, -0.1) is 0 Å². The molecule has 0 spiro atoms. The van der Waals surface area contributed by atoms with Crippen LogP contribution in [0.1, 0.15) is 24.8 Å². The van der Waals surface area contributed by atoms with Crippen LogP contribution >= 0.6 is 0 Å². The van der Waals surface area contributed by atoms with E-state index < -0.39 is 5.82 Å². The van der Waals surface area contributed by atoms with E-state index in [-0.39, 0.29) is 5.56 Å². The molecule has 0 amide bonds. The molecular formula is C13H13FN2. The average Bonchev–Trinajstić information content (AvgIpc) is 2.31. The molecule has 1 N–H and O–H groups in total. The molecule has 1 aliphatic rings. The SMILES string of the molecule is N#Cc1ccc(NC2CC=CCC2)cc1F. The molecule has 82 valence electrons. The maximum absolute atomic E-state index is 13.3. The Balaban J connectivity index is 2.07. The fraction of sp³-hybridized carbons (Fsp3) is 0.308. The molecule has 1 unspecified atom stereocenters. The van der Waals surface area contributed by atoms with Crippen LogP contribution in [0.5, 0.6) is 0 Å². The minimum absolute atomic E-state index is 0.0917. The maximum atomic E-state index is 13.3. The molecule has 0 saturated heterocycles. The third-order valence-electron chi connectivity index (χ3n) is 2.73. The van der Waals surface area contributed by atoms with Crippen LogP contribution < -0.4 is 5.32 Å². The summed E-state index contributed by atoms with van der Waals surface area (Å²) in [6.07, 6.45) is 7.41. The molecule has 0 fully saturated rings. The third-order valence-corrected chi connectivity index (χ3v) is 2.73. The highest BCUT2D eigenvalue weighted by Crippen LogP contribution is 2.19. The van der Waals surface area contributed by atoms with Crippen molar-refractivity contribution in [1.82, 2.24) is 0 Å². The predicted molar refractivity (Wildman–Crippen MR) is 61.5 cm³/mol. The monoisotopic (exact) mass is 216 g/mol. The Morgan fingerprint density at radius 2 is 2.25 bits per heavy atom. The van der Waals surface area contributed by atoms with E-state index in [4.69, 9.17) is 5.26 Å². The van der Waals surface area contributed by atoms with Crippen molar-refractivity contribution in [2.45, 2.75) is 25.3 Å². The Morgan fingerprint density at radius 3 is 2.88 bits per heavy atom. The van der Waals surface area contributed by atoms with Crippen LogP contribution in [0.4, 0.5) is 10.1 Å². The molecule has 0 radical (unpaired) electrons. The van der Waals surface area contributed by atoms with E-state index in [1.807, 2.05) is 6.07 Å². The largest absolute Gasteiger partial charge is 0.382 e. The van der Waals surface area contributed by atoms with Crippen molar-refractivity contribution in [2.75, 3.05) is 5.32 Å². The topological polar surface area (TPSA) is 35.8 Å². The highest BCUT2D eigenvalue weighted by molar-refractivity contribution is 5.48. The molecule has 0 saturated carbocycles. The quantitative estimate of drug-likeness (QED) is 0.770. The van der Waals surface area contributed by atoms with Gasteiger partial charge in [-0.05, 0) is 37.5 Å².